The number of hydrogen-bond acceptors (Lipinski definition) is 3. The number of nitrogens with zero attached hydrogens (tertiary/aromatic N) is 1. The van der Waals surface area contributed by atoms with Crippen molar-refractivity contribution in [3.05, 3.63) is 23.8 Å². The highest BCUT2D eigenvalue weighted by atomic mass is 35.5. The number of halogens is 5. The van der Waals surface area contributed by atoms with Crippen molar-refractivity contribution in [2.45, 2.75) is 19.0 Å². The van der Waals surface area contributed by atoms with Gasteiger partial charge in [-0.05, 0) is 38.2 Å². The monoisotopic (exact) mass is 375 g/mol. The summed E-state index contributed by atoms with van der Waals surface area (Å²) in [6, 6.07) is 3.32. The van der Waals surface area contributed by atoms with Crippen LogP contribution in [0.1, 0.15) is 18.4 Å². The number of hydrogen-bond donors (Lipinski definition) is 2. The molecule has 134 valence electrons. The van der Waals surface area contributed by atoms with Crippen molar-refractivity contribution in [2.75, 3.05) is 37.9 Å². The first kappa shape index (κ1) is 24.1. The minimum atomic E-state index is -4.43. The first-order valence-electron chi connectivity index (χ1n) is 6.58. The van der Waals surface area contributed by atoms with Crippen molar-refractivity contribution in [3.63, 3.8) is 0 Å². The molecule has 2 N–H and O–H groups in total. The third kappa shape index (κ3) is 7.76. The number of nitrogens with one attached hydrogen (secondary N) is 2. The molecule has 1 aromatic rings. The quantitative estimate of drug-likeness (QED) is 0.747. The molecule has 1 amide bonds. The van der Waals surface area contributed by atoms with E-state index in [0.29, 0.717) is 18.7 Å². The van der Waals surface area contributed by atoms with E-state index in [1.165, 1.54) is 6.07 Å². The lowest BCUT2D eigenvalue weighted by Gasteiger charge is -2.19. The fourth-order valence-corrected chi connectivity index (χ4v) is 1.84. The predicted molar refractivity (Wildman–Crippen MR) is 92.1 cm³/mol. The summed E-state index contributed by atoms with van der Waals surface area (Å²) in [4.78, 5) is 13.4. The fraction of sp³-hybridized carbons (Fsp3) is 0.500. The molecule has 0 heterocycles. The zero-order chi connectivity index (χ0) is 16.0. The summed E-state index contributed by atoms with van der Waals surface area (Å²) < 4.78 is 38.3. The summed E-state index contributed by atoms with van der Waals surface area (Å²) in [7, 11) is 5.19. The Morgan fingerprint density at radius 1 is 1.22 bits per heavy atom. The van der Waals surface area contributed by atoms with Crippen LogP contribution in [0.4, 0.5) is 24.5 Å². The van der Waals surface area contributed by atoms with Crippen molar-refractivity contribution in [1.82, 2.24) is 5.32 Å². The molecule has 0 spiro atoms. The number of amides is 1. The Kier molecular flexibility index (Phi) is 11.1. The molecular weight excluding hydrogens is 354 g/mol. The van der Waals surface area contributed by atoms with Gasteiger partial charge in [0.25, 0.3) is 0 Å². The summed E-state index contributed by atoms with van der Waals surface area (Å²) in [5, 5.41) is 5.46. The number of benzene rings is 1. The van der Waals surface area contributed by atoms with Crippen LogP contribution in [0.15, 0.2) is 18.2 Å². The Bertz CT molecular complexity index is 497. The van der Waals surface area contributed by atoms with Gasteiger partial charge in [0.15, 0.2) is 0 Å². The van der Waals surface area contributed by atoms with Gasteiger partial charge in [0.05, 0.1) is 16.9 Å². The Balaban J connectivity index is 0. The maximum absolute atomic E-state index is 12.8. The molecule has 0 fully saturated rings. The van der Waals surface area contributed by atoms with E-state index in [0.717, 1.165) is 12.1 Å². The number of carbonyl (C=O) groups is 1. The highest BCUT2D eigenvalue weighted by Gasteiger charge is 2.31. The number of alkyl halides is 3. The van der Waals surface area contributed by atoms with Gasteiger partial charge in [-0.1, -0.05) is 0 Å². The highest BCUT2D eigenvalue weighted by Crippen LogP contribution is 2.34. The standard InChI is InChI=1S/C14H20F3N3O.2ClH/c1-18-8-4-5-13(21)19-11-9-10(14(15,16)17)6-7-12(11)20(2)3;;/h6-7,9,18H,4-5,8H2,1-3H3,(H,19,21);2*1H. The molecule has 0 bridgehead atoms. The lowest BCUT2D eigenvalue weighted by molar-refractivity contribution is -0.137. The van der Waals surface area contributed by atoms with Crippen LogP contribution >= 0.6 is 24.8 Å². The van der Waals surface area contributed by atoms with Crippen LogP contribution in [0.25, 0.3) is 0 Å². The first-order valence-corrected chi connectivity index (χ1v) is 6.58. The van der Waals surface area contributed by atoms with E-state index in [1.54, 1.807) is 26.0 Å². The molecule has 1 rings (SSSR count). The molecule has 9 heteroatoms. The smallest absolute Gasteiger partial charge is 0.376 e. The van der Waals surface area contributed by atoms with Crippen LogP contribution in [-0.4, -0.2) is 33.6 Å². The Morgan fingerprint density at radius 3 is 2.30 bits per heavy atom. The summed E-state index contributed by atoms with van der Waals surface area (Å²) >= 11 is 0. The van der Waals surface area contributed by atoms with E-state index >= 15 is 0 Å². The van der Waals surface area contributed by atoms with Gasteiger partial charge in [-0.2, -0.15) is 13.2 Å². The van der Waals surface area contributed by atoms with Crippen molar-refractivity contribution in [1.29, 1.82) is 0 Å². The summed E-state index contributed by atoms with van der Waals surface area (Å²) in [5.41, 5.74) is -0.0760. The minimum Gasteiger partial charge on any atom is -0.376 e. The maximum atomic E-state index is 12.8. The predicted octanol–water partition coefficient (Wildman–Crippen LogP) is 3.55. The highest BCUT2D eigenvalue weighted by molar-refractivity contribution is 5.94. The molecule has 0 saturated carbocycles. The molecule has 0 aliphatic heterocycles. The largest absolute Gasteiger partial charge is 0.416 e. The molecule has 0 aromatic heterocycles. The topological polar surface area (TPSA) is 44.4 Å². The number of carbonyl (C=O) groups excluding carboxylic acids is 1. The molecule has 0 atom stereocenters. The Morgan fingerprint density at radius 2 is 1.83 bits per heavy atom. The van der Waals surface area contributed by atoms with Gasteiger partial charge in [-0.15, -0.1) is 24.8 Å². The van der Waals surface area contributed by atoms with Crippen molar-refractivity contribution in [3.8, 4) is 0 Å². The second-order valence-electron chi connectivity index (χ2n) is 4.88. The maximum Gasteiger partial charge on any atom is 0.416 e. The molecule has 0 radical (unpaired) electrons. The average molecular weight is 376 g/mol. The summed E-state index contributed by atoms with van der Waals surface area (Å²) in [6.07, 6.45) is -3.56. The summed E-state index contributed by atoms with van der Waals surface area (Å²) in [6.45, 7) is 0.677. The van der Waals surface area contributed by atoms with Crippen LogP contribution in [0.5, 0.6) is 0 Å². The molecule has 0 saturated heterocycles. The molecule has 4 nitrogen and oxygen atoms in total. The molecule has 1 aromatic carbocycles. The van der Waals surface area contributed by atoms with Crippen molar-refractivity contribution in [2.24, 2.45) is 0 Å². The van der Waals surface area contributed by atoms with Gasteiger partial charge in [0.2, 0.25) is 5.91 Å². The summed E-state index contributed by atoms with van der Waals surface area (Å²) in [5.74, 6) is -0.298. The third-order valence-corrected chi connectivity index (χ3v) is 2.91. The fourth-order valence-electron chi connectivity index (χ4n) is 1.84. The molecular formula is C14H22Cl2F3N3O. The Labute approximate surface area is 146 Å². The zero-order valence-corrected chi connectivity index (χ0v) is 14.8. The lowest BCUT2D eigenvalue weighted by Crippen LogP contribution is -2.19. The van der Waals surface area contributed by atoms with Gasteiger partial charge in [0, 0.05) is 20.5 Å². The second kappa shape index (κ2) is 10.6. The van der Waals surface area contributed by atoms with Crippen LogP contribution in [0.3, 0.4) is 0 Å². The van der Waals surface area contributed by atoms with Gasteiger partial charge in [-0.3, -0.25) is 4.79 Å². The zero-order valence-electron chi connectivity index (χ0n) is 13.2. The van der Waals surface area contributed by atoms with Crippen LogP contribution in [0.2, 0.25) is 0 Å². The molecule has 0 unspecified atom stereocenters. The van der Waals surface area contributed by atoms with E-state index in [-0.39, 0.29) is 42.8 Å². The second-order valence-corrected chi connectivity index (χ2v) is 4.88. The Hall–Kier alpha value is -1.18. The van der Waals surface area contributed by atoms with Gasteiger partial charge < -0.3 is 15.5 Å². The van der Waals surface area contributed by atoms with Crippen LogP contribution in [-0.2, 0) is 11.0 Å². The van der Waals surface area contributed by atoms with Crippen molar-refractivity contribution < 1.29 is 18.0 Å². The number of anilines is 2. The van der Waals surface area contributed by atoms with E-state index in [9.17, 15) is 18.0 Å². The molecule has 0 aliphatic carbocycles. The lowest BCUT2D eigenvalue weighted by atomic mass is 10.1. The van der Waals surface area contributed by atoms with E-state index < -0.39 is 11.7 Å². The van der Waals surface area contributed by atoms with E-state index in [4.69, 9.17) is 0 Å². The van der Waals surface area contributed by atoms with E-state index in [2.05, 4.69) is 10.6 Å². The van der Waals surface area contributed by atoms with Gasteiger partial charge in [0.1, 0.15) is 0 Å². The normalized spacial score (nSPS) is 10.3. The molecule has 0 aliphatic rings. The molecule has 23 heavy (non-hydrogen) atoms. The van der Waals surface area contributed by atoms with Gasteiger partial charge >= 0.3 is 6.18 Å². The van der Waals surface area contributed by atoms with Crippen LogP contribution < -0.4 is 15.5 Å². The average Bonchev–Trinajstić information content (AvgIpc) is 2.37. The SMILES string of the molecule is CNCCCC(=O)Nc1cc(C(F)(F)F)ccc1N(C)C.Cl.Cl. The third-order valence-electron chi connectivity index (χ3n) is 2.91. The van der Waals surface area contributed by atoms with E-state index in [1.807, 2.05) is 0 Å². The van der Waals surface area contributed by atoms with Crippen LogP contribution in [0, 0.1) is 0 Å². The minimum absolute atomic E-state index is 0. The first-order chi connectivity index (χ1) is 9.75. The van der Waals surface area contributed by atoms with Crippen molar-refractivity contribution >= 4 is 42.1 Å². The number of rotatable bonds is 6. The van der Waals surface area contributed by atoms with Gasteiger partial charge in [-0.25, -0.2) is 0 Å².